The molecule has 1 aromatic carbocycles. The lowest BCUT2D eigenvalue weighted by Gasteiger charge is -2.30. The van der Waals surface area contributed by atoms with Crippen LogP contribution in [0.25, 0.3) is 0 Å². The van der Waals surface area contributed by atoms with Crippen molar-refractivity contribution >= 4 is 35.1 Å². The third kappa shape index (κ3) is 14.3. The van der Waals surface area contributed by atoms with Crippen molar-refractivity contribution in [2.24, 2.45) is 17.8 Å². The smallest absolute Gasteiger partial charge is 0.324 e. The standard InChI is InChI=1S/C36H57F2N5O6/c1-7-11-27(42-35(48)29(41-32(45)17-23(4)5)20-25-14-15-30(49-6)26(39)18-25)34(47)43-28(19-24-12-9-8-10-13-24)33(46)36(37,38)21-40-31(44)16-22(2)3/h14-15,18,22-24,27-29H,7-13,16-17,19-21,39H2,1-6H3,(H,40,44)(H,41,45)(H,42,48)(H,43,47)/t27-,28?,29-/m0/s1. The number of nitrogens with one attached hydrogen (secondary N) is 4. The SMILES string of the molecule is CCC[C@H](NC(=O)[C@H](Cc1ccc(OC)c(N)c1)NC(=O)CC(C)C)C(=O)NC(CC1CCCCC1)C(=O)C(F)(F)CNC(=O)CC(C)C. The second-order valence-corrected chi connectivity index (χ2v) is 14.1. The van der Waals surface area contributed by atoms with E-state index in [0.29, 0.717) is 23.4 Å². The van der Waals surface area contributed by atoms with Crippen molar-refractivity contribution in [2.45, 2.75) is 129 Å². The molecule has 0 radical (unpaired) electrons. The zero-order valence-electron chi connectivity index (χ0n) is 30.0. The maximum absolute atomic E-state index is 15.3. The van der Waals surface area contributed by atoms with Crippen LogP contribution in [-0.2, 0) is 30.4 Å². The number of benzene rings is 1. The van der Waals surface area contributed by atoms with E-state index in [1.807, 2.05) is 13.8 Å². The molecule has 49 heavy (non-hydrogen) atoms. The predicted molar refractivity (Wildman–Crippen MR) is 185 cm³/mol. The molecule has 0 spiro atoms. The number of methoxy groups -OCH3 is 1. The first-order valence-electron chi connectivity index (χ1n) is 17.6. The van der Waals surface area contributed by atoms with Crippen LogP contribution in [0.1, 0.15) is 104 Å². The Morgan fingerprint density at radius 3 is 2.04 bits per heavy atom. The van der Waals surface area contributed by atoms with Crippen molar-refractivity contribution in [1.82, 2.24) is 21.3 Å². The molecule has 1 saturated carbocycles. The van der Waals surface area contributed by atoms with E-state index in [2.05, 4.69) is 21.3 Å². The summed E-state index contributed by atoms with van der Waals surface area (Å²) < 4.78 is 35.8. The van der Waals surface area contributed by atoms with E-state index in [4.69, 9.17) is 10.5 Å². The molecule has 276 valence electrons. The molecule has 3 atom stereocenters. The van der Waals surface area contributed by atoms with Crippen molar-refractivity contribution in [3.63, 3.8) is 0 Å². The summed E-state index contributed by atoms with van der Waals surface area (Å²) in [5.41, 5.74) is 7.05. The third-order valence-electron chi connectivity index (χ3n) is 8.58. The minimum absolute atomic E-state index is 0.0271. The second-order valence-electron chi connectivity index (χ2n) is 14.1. The van der Waals surface area contributed by atoms with Gasteiger partial charge in [0.25, 0.3) is 0 Å². The lowest BCUT2D eigenvalue weighted by atomic mass is 9.83. The largest absolute Gasteiger partial charge is 0.495 e. The molecule has 1 fully saturated rings. The highest BCUT2D eigenvalue weighted by Crippen LogP contribution is 2.29. The quantitative estimate of drug-likeness (QED) is 0.126. The van der Waals surface area contributed by atoms with Crippen molar-refractivity contribution in [3.05, 3.63) is 23.8 Å². The van der Waals surface area contributed by atoms with E-state index in [0.717, 1.165) is 32.1 Å². The highest BCUT2D eigenvalue weighted by molar-refractivity contribution is 5.97. The molecule has 1 aromatic rings. The number of rotatable bonds is 20. The van der Waals surface area contributed by atoms with Gasteiger partial charge in [-0.2, -0.15) is 8.78 Å². The number of amides is 4. The maximum Gasteiger partial charge on any atom is 0.324 e. The first-order chi connectivity index (χ1) is 23.1. The fourth-order valence-electron chi connectivity index (χ4n) is 6.06. The Labute approximate surface area is 289 Å². The second kappa shape index (κ2) is 20.0. The monoisotopic (exact) mass is 693 g/mol. The first kappa shape index (κ1) is 41.4. The van der Waals surface area contributed by atoms with E-state index in [1.165, 1.54) is 7.11 Å². The highest BCUT2D eigenvalue weighted by atomic mass is 19.3. The Morgan fingerprint density at radius 2 is 1.47 bits per heavy atom. The number of alkyl halides is 2. The van der Waals surface area contributed by atoms with E-state index < -0.39 is 54.1 Å². The number of Topliss-reactive ketones (excluding diaryl/α,β-unsaturated/α-hetero) is 1. The first-order valence-corrected chi connectivity index (χ1v) is 17.6. The number of hydrogen-bond acceptors (Lipinski definition) is 7. The minimum atomic E-state index is -3.92. The molecule has 0 aromatic heterocycles. The molecule has 1 aliphatic rings. The van der Waals surface area contributed by atoms with Gasteiger partial charge in [-0.05, 0) is 48.3 Å². The summed E-state index contributed by atoms with van der Waals surface area (Å²) in [7, 11) is 1.48. The Bertz CT molecular complexity index is 1270. The van der Waals surface area contributed by atoms with Crippen LogP contribution >= 0.6 is 0 Å². The lowest BCUT2D eigenvalue weighted by Crippen LogP contribution is -2.58. The number of carbonyl (C=O) groups excluding carboxylic acids is 5. The van der Waals surface area contributed by atoms with Gasteiger partial charge in [0.2, 0.25) is 29.4 Å². The molecule has 11 nitrogen and oxygen atoms in total. The number of nitrogens with two attached hydrogens (primary N) is 1. The number of hydrogen-bond donors (Lipinski definition) is 5. The summed E-state index contributed by atoms with van der Waals surface area (Å²) in [6.07, 6.45) is 5.23. The van der Waals surface area contributed by atoms with Crippen LogP contribution < -0.4 is 31.7 Å². The van der Waals surface area contributed by atoms with Crippen LogP contribution in [0, 0.1) is 17.8 Å². The van der Waals surface area contributed by atoms with E-state index in [1.54, 1.807) is 39.0 Å². The summed E-state index contributed by atoms with van der Waals surface area (Å²) in [5.74, 6) is -7.37. The van der Waals surface area contributed by atoms with E-state index >= 15 is 8.78 Å². The normalized spacial score (nSPS) is 15.6. The van der Waals surface area contributed by atoms with Gasteiger partial charge in [-0.15, -0.1) is 0 Å². The van der Waals surface area contributed by atoms with Crippen molar-refractivity contribution in [2.75, 3.05) is 19.4 Å². The molecule has 2 rings (SSSR count). The molecule has 0 saturated heterocycles. The summed E-state index contributed by atoms with van der Waals surface area (Å²) in [5, 5.41) is 10.2. The minimum Gasteiger partial charge on any atom is -0.495 e. The van der Waals surface area contributed by atoms with E-state index in [-0.39, 0.29) is 55.8 Å². The van der Waals surface area contributed by atoms with Crippen molar-refractivity contribution < 1.29 is 37.5 Å². The van der Waals surface area contributed by atoms with Gasteiger partial charge in [0.15, 0.2) is 0 Å². The van der Waals surface area contributed by atoms with Gasteiger partial charge in [0.1, 0.15) is 17.8 Å². The van der Waals surface area contributed by atoms with Crippen molar-refractivity contribution in [3.8, 4) is 5.75 Å². The van der Waals surface area contributed by atoms with Gasteiger partial charge < -0.3 is 31.7 Å². The maximum atomic E-state index is 15.3. The lowest BCUT2D eigenvalue weighted by molar-refractivity contribution is -0.148. The summed E-state index contributed by atoms with van der Waals surface area (Å²) >= 11 is 0. The van der Waals surface area contributed by atoms with Gasteiger partial charge in [-0.1, -0.05) is 79.2 Å². The molecule has 4 amide bonds. The molecule has 0 aliphatic heterocycles. The van der Waals surface area contributed by atoms with Gasteiger partial charge in [0.05, 0.1) is 25.4 Å². The number of ether oxygens (including phenoxy) is 1. The van der Waals surface area contributed by atoms with Gasteiger partial charge in [-0.3, -0.25) is 24.0 Å². The van der Waals surface area contributed by atoms with Crippen LogP contribution in [0.5, 0.6) is 5.75 Å². The summed E-state index contributed by atoms with van der Waals surface area (Å²) in [6, 6.07) is 1.24. The number of nitrogen functional groups attached to an aromatic ring is 1. The zero-order chi connectivity index (χ0) is 36.7. The number of ketones is 1. The molecule has 1 unspecified atom stereocenters. The van der Waals surface area contributed by atoms with Crippen molar-refractivity contribution in [1.29, 1.82) is 0 Å². The molecular weight excluding hydrogens is 636 g/mol. The molecule has 6 N–H and O–H groups in total. The Hall–Kier alpha value is -3.77. The fourth-order valence-corrected chi connectivity index (χ4v) is 6.06. The number of carbonyl (C=O) groups is 5. The molecular formula is C36H57F2N5O6. The summed E-state index contributed by atoms with van der Waals surface area (Å²) in [4.78, 5) is 65.6. The Balaban J connectivity index is 2.29. The van der Waals surface area contributed by atoms with Gasteiger partial charge >= 0.3 is 5.92 Å². The highest BCUT2D eigenvalue weighted by Gasteiger charge is 2.45. The average Bonchev–Trinajstić information content (AvgIpc) is 3.02. The van der Waals surface area contributed by atoms with Gasteiger partial charge in [0, 0.05) is 19.3 Å². The van der Waals surface area contributed by atoms with Crippen LogP contribution in [0.2, 0.25) is 0 Å². The van der Waals surface area contributed by atoms with Crippen LogP contribution in [-0.4, -0.2) is 67.1 Å². The Kier molecular flexibility index (Phi) is 16.9. The van der Waals surface area contributed by atoms with Crippen LogP contribution in [0.3, 0.4) is 0 Å². The number of halogens is 2. The van der Waals surface area contributed by atoms with Crippen LogP contribution in [0.15, 0.2) is 18.2 Å². The third-order valence-corrected chi connectivity index (χ3v) is 8.58. The molecule has 0 bridgehead atoms. The summed E-state index contributed by atoms with van der Waals surface area (Å²) in [6.45, 7) is 7.93. The zero-order valence-corrected chi connectivity index (χ0v) is 30.0. The van der Waals surface area contributed by atoms with Gasteiger partial charge in [-0.25, -0.2) is 0 Å². The molecule has 1 aliphatic carbocycles. The fraction of sp³-hybridized carbons (Fsp3) is 0.694. The van der Waals surface area contributed by atoms with E-state index in [9.17, 15) is 24.0 Å². The predicted octanol–water partition coefficient (Wildman–Crippen LogP) is 4.46. The average molecular weight is 694 g/mol. The molecule has 13 heteroatoms. The molecule has 0 heterocycles. The number of anilines is 1. The Morgan fingerprint density at radius 1 is 0.878 bits per heavy atom. The topological polar surface area (TPSA) is 169 Å². The van der Waals surface area contributed by atoms with Crippen LogP contribution in [0.4, 0.5) is 14.5 Å².